The van der Waals surface area contributed by atoms with Crippen molar-refractivity contribution in [2.45, 2.75) is 40.0 Å². The molecule has 10 heteroatoms. The van der Waals surface area contributed by atoms with Gasteiger partial charge in [0.05, 0.1) is 25.4 Å². The molecule has 0 saturated heterocycles. The molecular formula is C22H27N3O5S2. The summed E-state index contributed by atoms with van der Waals surface area (Å²) in [5, 5.41) is 6.24. The molecule has 0 saturated carbocycles. The number of hydrogen-bond acceptors (Lipinski definition) is 7. The van der Waals surface area contributed by atoms with E-state index < -0.39 is 11.8 Å². The van der Waals surface area contributed by atoms with Gasteiger partial charge in [-0.05, 0) is 69.9 Å². The SMILES string of the molecule is CCOc1cc(C(=O)NC(=S)Nc2sc3c(c2C(N)=O)CCC3)cc(OCC)c1OCC. The molecule has 32 heavy (non-hydrogen) atoms. The van der Waals surface area contributed by atoms with E-state index in [4.69, 9.17) is 32.2 Å². The van der Waals surface area contributed by atoms with Crippen LogP contribution >= 0.6 is 23.6 Å². The first kappa shape index (κ1) is 23.8. The van der Waals surface area contributed by atoms with Gasteiger partial charge >= 0.3 is 0 Å². The fraction of sp³-hybridized carbons (Fsp3) is 0.409. The molecule has 1 heterocycles. The van der Waals surface area contributed by atoms with Gasteiger partial charge in [-0.3, -0.25) is 14.9 Å². The quantitative estimate of drug-likeness (QED) is 0.473. The number of aryl methyl sites for hydroxylation is 1. The van der Waals surface area contributed by atoms with Crippen LogP contribution in [0.5, 0.6) is 17.2 Å². The number of nitrogens with two attached hydrogens (primary N) is 1. The Morgan fingerprint density at radius 3 is 2.25 bits per heavy atom. The minimum atomic E-state index is -0.504. The van der Waals surface area contributed by atoms with E-state index in [2.05, 4.69) is 10.6 Å². The van der Waals surface area contributed by atoms with Crippen LogP contribution in [0, 0.1) is 0 Å². The van der Waals surface area contributed by atoms with Crippen molar-refractivity contribution < 1.29 is 23.8 Å². The average Bonchev–Trinajstić information content (AvgIpc) is 3.30. The van der Waals surface area contributed by atoms with Gasteiger partial charge in [-0.25, -0.2) is 0 Å². The minimum Gasteiger partial charge on any atom is -0.490 e. The lowest BCUT2D eigenvalue weighted by atomic mass is 10.1. The number of fused-ring (bicyclic) bond motifs is 1. The third kappa shape index (κ3) is 5.13. The normalized spacial score (nSPS) is 12.1. The van der Waals surface area contributed by atoms with E-state index >= 15 is 0 Å². The first-order valence-electron chi connectivity index (χ1n) is 10.5. The van der Waals surface area contributed by atoms with Crippen molar-refractivity contribution in [3.8, 4) is 17.2 Å². The molecule has 1 aliphatic carbocycles. The first-order chi connectivity index (χ1) is 15.4. The molecule has 2 aromatic rings. The number of hydrogen-bond donors (Lipinski definition) is 3. The monoisotopic (exact) mass is 477 g/mol. The number of carbonyl (C=O) groups is 2. The Kier molecular flexibility index (Phi) is 7.92. The summed E-state index contributed by atoms with van der Waals surface area (Å²) in [6, 6.07) is 3.17. The smallest absolute Gasteiger partial charge is 0.257 e. The van der Waals surface area contributed by atoms with Gasteiger partial charge in [0.1, 0.15) is 5.00 Å². The lowest BCUT2D eigenvalue weighted by Gasteiger charge is -2.17. The van der Waals surface area contributed by atoms with Crippen molar-refractivity contribution in [2.24, 2.45) is 5.73 Å². The molecular weight excluding hydrogens is 450 g/mol. The van der Waals surface area contributed by atoms with E-state index in [0.717, 1.165) is 29.7 Å². The maximum Gasteiger partial charge on any atom is 0.257 e. The Morgan fingerprint density at radius 2 is 1.69 bits per heavy atom. The van der Waals surface area contributed by atoms with Gasteiger partial charge in [-0.15, -0.1) is 11.3 Å². The summed E-state index contributed by atoms with van der Waals surface area (Å²) in [5.41, 5.74) is 7.32. The first-order valence-corrected chi connectivity index (χ1v) is 11.7. The predicted octanol–water partition coefficient (Wildman–Crippen LogP) is 3.66. The Morgan fingerprint density at radius 1 is 1.06 bits per heavy atom. The van der Waals surface area contributed by atoms with Crippen molar-refractivity contribution in [3.05, 3.63) is 33.7 Å². The number of nitrogens with one attached hydrogen (secondary N) is 2. The molecule has 1 aliphatic rings. The molecule has 4 N–H and O–H groups in total. The maximum atomic E-state index is 12.9. The third-order valence-electron chi connectivity index (χ3n) is 4.79. The molecule has 8 nitrogen and oxygen atoms in total. The molecule has 3 rings (SSSR count). The van der Waals surface area contributed by atoms with Crippen LogP contribution in [0.25, 0.3) is 0 Å². The van der Waals surface area contributed by atoms with Crippen molar-refractivity contribution >= 4 is 45.5 Å². The van der Waals surface area contributed by atoms with Gasteiger partial charge in [-0.2, -0.15) is 0 Å². The van der Waals surface area contributed by atoms with Crippen LogP contribution in [0.4, 0.5) is 5.00 Å². The highest BCUT2D eigenvalue weighted by Crippen LogP contribution is 2.40. The van der Waals surface area contributed by atoms with Crippen molar-refractivity contribution in [2.75, 3.05) is 25.1 Å². The van der Waals surface area contributed by atoms with Crippen LogP contribution in [0.3, 0.4) is 0 Å². The molecule has 1 aromatic carbocycles. The molecule has 0 atom stereocenters. The average molecular weight is 478 g/mol. The zero-order valence-electron chi connectivity index (χ0n) is 18.3. The number of ether oxygens (including phenoxy) is 3. The number of anilines is 1. The second kappa shape index (κ2) is 10.6. The number of amides is 2. The predicted molar refractivity (Wildman–Crippen MR) is 128 cm³/mol. The second-order valence-corrected chi connectivity index (χ2v) is 8.45. The maximum absolute atomic E-state index is 12.9. The summed E-state index contributed by atoms with van der Waals surface area (Å²) >= 11 is 6.77. The number of primary amides is 1. The molecule has 0 radical (unpaired) electrons. The fourth-order valence-electron chi connectivity index (χ4n) is 3.58. The number of thiophene rings is 1. The molecule has 1 aromatic heterocycles. The van der Waals surface area contributed by atoms with Crippen LogP contribution in [0.15, 0.2) is 12.1 Å². The van der Waals surface area contributed by atoms with E-state index in [9.17, 15) is 9.59 Å². The summed E-state index contributed by atoms with van der Waals surface area (Å²) < 4.78 is 17.0. The highest BCUT2D eigenvalue weighted by atomic mass is 32.1. The standard InChI is InChI=1S/C22H27N3O5S2/c1-4-28-14-10-12(11-15(29-5-2)18(14)30-6-3)20(27)24-22(31)25-21-17(19(23)26)13-8-7-9-16(13)32-21/h10-11H,4-9H2,1-3H3,(H2,23,26)(H2,24,25,27,31). The van der Waals surface area contributed by atoms with Gasteiger partial charge in [0.25, 0.3) is 11.8 Å². The lowest BCUT2D eigenvalue weighted by Crippen LogP contribution is -2.34. The van der Waals surface area contributed by atoms with Gasteiger partial charge in [0, 0.05) is 10.4 Å². The van der Waals surface area contributed by atoms with Crippen LogP contribution in [0.2, 0.25) is 0 Å². The summed E-state index contributed by atoms with van der Waals surface area (Å²) in [6.45, 7) is 6.77. The topological polar surface area (TPSA) is 112 Å². The number of benzene rings is 1. The summed E-state index contributed by atoms with van der Waals surface area (Å²) in [4.78, 5) is 26.0. The van der Waals surface area contributed by atoms with Crippen LogP contribution < -0.4 is 30.6 Å². The zero-order chi connectivity index (χ0) is 23.3. The van der Waals surface area contributed by atoms with Gasteiger partial charge in [0.2, 0.25) is 5.75 Å². The molecule has 0 unspecified atom stereocenters. The van der Waals surface area contributed by atoms with Gasteiger partial charge in [-0.1, -0.05) is 0 Å². The number of rotatable bonds is 9. The Labute approximate surface area is 196 Å². The molecule has 0 fully saturated rings. The van der Waals surface area contributed by atoms with E-state index in [1.165, 1.54) is 11.3 Å². The van der Waals surface area contributed by atoms with E-state index in [0.29, 0.717) is 53.2 Å². The van der Waals surface area contributed by atoms with Gasteiger partial charge < -0.3 is 25.3 Å². The molecule has 0 spiro atoms. The Bertz CT molecular complexity index is 1010. The second-order valence-electron chi connectivity index (χ2n) is 6.93. The molecule has 0 aliphatic heterocycles. The zero-order valence-corrected chi connectivity index (χ0v) is 20.0. The Balaban J connectivity index is 1.81. The largest absolute Gasteiger partial charge is 0.490 e. The third-order valence-corrected chi connectivity index (χ3v) is 6.20. The number of thiocarbonyl (C=S) groups is 1. The van der Waals surface area contributed by atoms with Crippen molar-refractivity contribution in [3.63, 3.8) is 0 Å². The van der Waals surface area contributed by atoms with E-state index in [1.54, 1.807) is 12.1 Å². The van der Waals surface area contributed by atoms with Crippen LogP contribution in [0.1, 0.15) is 58.3 Å². The highest BCUT2D eigenvalue weighted by Gasteiger charge is 2.26. The fourth-order valence-corrected chi connectivity index (χ4v) is 5.14. The van der Waals surface area contributed by atoms with Gasteiger partial charge in [0.15, 0.2) is 16.6 Å². The summed E-state index contributed by atoms with van der Waals surface area (Å²) in [7, 11) is 0. The minimum absolute atomic E-state index is 0.0715. The number of carbonyl (C=O) groups excluding carboxylic acids is 2. The van der Waals surface area contributed by atoms with E-state index in [1.807, 2.05) is 20.8 Å². The molecule has 172 valence electrons. The Hall–Kier alpha value is -2.85. The highest BCUT2D eigenvalue weighted by molar-refractivity contribution is 7.80. The molecule has 0 bridgehead atoms. The molecule has 2 amide bonds. The lowest BCUT2D eigenvalue weighted by molar-refractivity contribution is 0.0974. The van der Waals surface area contributed by atoms with Crippen LogP contribution in [-0.4, -0.2) is 36.7 Å². The summed E-state index contributed by atoms with van der Waals surface area (Å²) in [5.74, 6) is 0.324. The summed E-state index contributed by atoms with van der Waals surface area (Å²) in [6.07, 6.45) is 2.73. The van der Waals surface area contributed by atoms with E-state index in [-0.39, 0.29) is 5.11 Å². The van der Waals surface area contributed by atoms with Crippen molar-refractivity contribution in [1.82, 2.24) is 5.32 Å². The van der Waals surface area contributed by atoms with Crippen molar-refractivity contribution in [1.29, 1.82) is 0 Å². The van der Waals surface area contributed by atoms with Crippen LogP contribution in [-0.2, 0) is 12.8 Å².